The highest BCUT2D eigenvalue weighted by Crippen LogP contribution is 2.42. The van der Waals surface area contributed by atoms with Crippen LogP contribution in [0.15, 0.2) is 36.8 Å². The molecule has 4 rings (SSSR count). The van der Waals surface area contributed by atoms with E-state index in [-0.39, 0.29) is 24.6 Å². The fourth-order valence-electron chi connectivity index (χ4n) is 3.74. The maximum absolute atomic E-state index is 12.7. The lowest BCUT2D eigenvalue weighted by Gasteiger charge is -2.35. The van der Waals surface area contributed by atoms with Crippen molar-refractivity contribution in [3.63, 3.8) is 0 Å². The largest absolute Gasteiger partial charge is 0.484 e. The van der Waals surface area contributed by atoms with Crippen LogP contribution in [0.5, 0.6) is 5.75 Å². The summed E-state index contributed by atoms with van der Waals surface area (Å²) >= 11 is 0. The number of benzene rings is 1. The molecule has 2 aliphatic heterocycles. The van der Waals surface area contributed by atoms with E-state index in [1.807, 2.05) is 42.3 Å². The maximum Gasteiger partial charge on any atom is 0.261 e. The molecule has 2 atom stereocenters. The van der Waals surface area contributed by atoms with Gasteiger partial charge in [-0.25, -0.2) is 9.97 Å². The van der Waals surface area contributed by atoms with Gasteiger partial charge in [0.1, 0.15) is 12.1 Å². The molecule has 0 aliphatic carbocycles. The van der Waals surface area contributed by atoms with Gasteiger partial charge >= 0.3 is 0 Å². The van der Waals surface area contributed by atoms with Crippen molar-refractivity contribution >= 4 is 5.91 Å². The van der Waals surface area contributed by atoms with E-state index in [1.165, 1.54) is 0 Å². The third-order valence-corrected chi connectivity index (χ3v) is 4.85. The number of carbonyl (C=O) groups is 1. The highest BCUT2D eigenvalue weighted by atomic mass is 16.5. The normalized spacial score (nSPS) is 21.9. The molecule has 3 heterocycles. The third kappa shape index (κ3) is 2.46. The lowest BCUT2D eigenvalue weighted by molar-refractivity contribution is -0.137. The van der Waals surface area contributed by atoms with Gasteiger partial charge in [0.05, 0.1) is 11.7 Å². The molecular weight excluding hydrogens is 290 g/mol. The Balaban J connectivity index is 1.51. The van der Waals surface area contributed by atoms with Gasteiger partial charge in [0.15, 0.2) is 6.61 Å². The maximum atomic E-state index is 12.7. The van der Waals surface area contributed by atoms with Crippen molar-refractivity contribution < 1.29 is 9.53 Å². The molecule has 0 saturated carbocycles. The second-order valence-electron chi connectivity index (χ2n) is 6.23. The first-order valence-corrected chi connectivity index (χ1v) is 8.02. The lowest BCUT2D eigenvalue weighted by atomic mass is 9.99. The van der Waals surface area contributed by atoms with Gasteiger partial charge in [0, 0.05) is 24.2 Å². The van der Waals surface area contributed by atoms with Gasteiger partial charge < -0.3 is 9.64 Å². The monoisotopic (exact) mass is 309 g/mol. The number of rotatable bonds is 3. The van der Waals surface area contributed by atoms with Crippen LogP contribution in [-0.2, 0) is 11.2 Å². The Hall–Kier alpha value is -2.43. The molecule has 2 bridgehead atoms. The molecule has 23 heavy (non-hydrogen) atoms. The van der Waals surface area contributed by atoms with E-state index in [1.54, 1.807) is 6.33 Å². The average molecular weight is 309 g/mol. The lowest BCUT2D eigenvalue weighted by Crippen LogP contribution is -2.44. The van der Waals surface area contributed by atoms with Crippen molar-refractivity contribution in [2.45, 2.75) is 38.3 Å². The molecule has 5 nitrogen and oxygen atoms in total. The van der Waals surface area contributed by atoms with E-state index in [2.05, 4.69) is 9.97 Å². The molecule has 1 fully saturated rings. The zero-order chi connectivity index (χ0) is 15.8. The molecule has 5 heteroatoms. The minimum absolute atomic E-state index is 0.0512. The number of fused-ring (bicyclic) bond motifs is 4. The van der Waals surface area contributed by atoms with Crippen LogP contribution >= 0.6 is 0 Å². The molecule has 0 N–H and O–H groups in total. The number of ether oxygens (including phenoxy) is 1. The van der Waals surface area contributed by atoms with Crippen LogP contribution in [0.25, 0.3) is 0 Å². The second-order valence-corrected chi connectivity index (χ2v) is 6.23. The highest BCUT2D eigenvalue weighted by Gasteiger charge is 2.43. The van der Waals surface area contributed by atoms with E-state index >= 15 is 0 Å². The van der Waals surface area contributed by atoms with Gasteiger partial charge in [-0.1, -0.05) is 18.2 Å². The Morgan fingerprint density at radius 3 is 3.09 bits per heavy atom. The summed E-state index contributed by atoms with van der Waals surface area (Å²) in [5, 5.41) is 0. The molecule has 1 aromatic carbocycles. The highest BCUT2D eigenvalue weighted by molar-refractivity contribution is 5.79. The van der Waals surface area contributed by atoms with Crippen molar-refractivity contribution in [1.29, 1.82) is 0 Å². The van der Waals surface area contributed by atoms with Crippen molar-refractivity contribution in [2.75, 3.05) is 6.61 Å². The number of carbonyl (C=O) groups excluding carboxylic acids is 1. The summed E-state index contributed by atoms with van der Waals surface area (Å²) in [4.78, 5) is 23.2. The number of nitrogens with zero attached hydrogens (tertiary/aromatic N) is 3. The van der Waals surface area contributed by atoms with E-state index in [0.717, 1.165) is 41.8 Å². The van der Waals surface area contributed by atoms with Crippen LogP contribution in [0.4, 0.5) is 0 Å². The summed E-state index contributed by atoms with van der Waals surface area (Å²) in [6.45, 7) is 2.07. The third-order valence-electron chi connectivity index (χ3n) is 4.85. The first-order valence-electron chi connectivity index (χ1n) is 8.02. The fraction of sp³-hybridized carbons (Fsp3) is 0.389. The Bertz CT molecular complexity index is 747. The quantitative estimate of drug-likeness (QED) is 0.874. The Morgan fingerprint density at radius 2 is 2.22 bits per heavy atom. The van der Waals surface area contributed by atoms with E-state index in [4.69, 9.17) is 4.74 Å². The van der Waals surface area contributed by atoms with Gasteiger partial charge in [-0.2, -0.15) is 0 Å². The van der Waals surface area contributed by atoms with Crippen molar-refractivity contribution in [1.82, 2.24) is 14.9 Å². The predicted octanol–water partition coefficient (Wildman–Crippen LogP) is 2.45. The molecular formula is C18H19N3O2. The summed E-state index contributed by atoms with van der Waals surface area (Å²) in [6, 6.07) is 8.12. The van der Waals surface area contributed by atoms with Crippen molar-refractivity contribution in [3.05, 3.63) is 53.6 Å². The van der Waals surface area contributed by atoms with E-state index in [0.29, 0.717) is 0 Å². The van der Waals surface area contributed by atoms with Crippen molar-refractivity contribution in [2.24, 2.45) is 0 Å². The molecule has 2 aliphatic rings. The number of hydrogen-bond donors (Lipinski definition) is 0. The summed E-state index contributed by atoms with van der Waals surface area (Å²) in [5.74, 6) is 0.823. The molecule has 1 amide bonds. The van der Waals surface area contributed by atoms with Gasteiger partial charge in [0.2, 0.25) is 0 Å². The summed E-state index contributed by atoms with van der Waals surface area (Å²) in [5.41, 5.74) is 3.24. The number of amides is 1. The van der Waals surface area contributed by atoms with Crippen molar-refractivity contribution in [3.8, 4) is 5.75 Å². The number of aromatic nitrogens is 2. The minimum atomic E-state index is 0.0512. The SMILES string of the molecule is Cc1ccccc1OCC(=O)N1C2CCC1c1cncnc1C2. The molecule has 1 aromatic heterocycles. The fourth-order valence-corrected chi connectivity index (χ4v) is 3.74. The summed E-state index contributed by atoms with van der Waals surface area (Å²) in [6.07, 6.45) is 6.29. The number of hydrogen-bond acceptors (Lipinski definition) is 4. The van der Waals surface area contributed by atoms with Crippen LogP contribution in [0.3, 0.4) is 0 Å². The van der Waals surface area contributed by atoms with E-state index < -0.39 is 0 Å². The average Bonchev–Trinajstić information content (AvgIpc) is 2.89. The van der Waals surface area contributed by atoms with Crippen LogP contribution < -0.4 is 4.74 Å². The molecule has 2 unspecified atom stereocenters. The van der Waals surface area contributed by atoms with Gasteiger partial charge in [0.25, 0.3) is 5.91 Å². The van der Waals surface area contributed by atoms with Gasteiger partial charge in [-0.3, -0.25) is 4.79 Å². The predicted molar refractivity (Wildman–Crippen MR) is 85.0 cm³/mol. The topological polar surface area (TPSA) is 55.3 Å². The second kappa shape index (κ2) is 5.65. The van der Waals surface area contributed by atoms with Crippen LogP contribution in [0.2, 0.25) is 0 Å². The van der Waals surface area contributed by atoms with Crippen LogP contribution in [0, 0.1) is 6.92 Å². The molecule has 118 valence electrons. The van der Waals surface area contributed by atoms with E-state index in [9.17, 15) is 4.79 Å². The Labute approximate surface area is 135 Å². The number of aryl methyl sites for hydroxylation is 1. The summed E-state index contributed by atoms with van der Waals surface area (Å²) in [7, 11) is 0. The first kappa shape index (κ1) is 14.2. The molecule has 0 spiro atoms. The summed E-state index contributed by atoms with van der Waals surface area (Å²) < 4.78 is 5.74. The standard InChI is InChI=1S/C18H19N3O2/c1-12-4-2-3-5-17(12)23-10-18(22)21-13-6-7-16(21)14-9-19-11-20-15(14)8-13/h2-5,9,11,13,16H,6-8,10H2,1H3. The van der Waals surface area contributed by atoms with Gasteiger partial charge in [-0.05, 0) is 31.4 Å². The zero-order valence-corrected chi connectivity index (χ0v) is 13.1. The smallest absolute Gasteiger partial charge is 0.261 e. The number of para-hydroxylation sites is 1. The Kier molecular flexibility index (Phi) is 3.48. The minimum Gasteiger partial charge on any atom is -0.484 e. The first-order chi connectivity index (χ1) is 11.2. The zero-order valence-electron chi connectivity index (χ0n) is 13.1. The van der Waals surface area contributed by atoms with Crippen LogP contribution in [-0.4, -0.2) is 33.4 Å². The van der Waals surface area contributed by atoms with Crippen LogP contribution in [0.1, 0.15) is 35.7 Å². The molecule has 2 aromatic rings. The Morgan fingerprint density at radius 1 is 1.35 bits per heavy atom. The van der Waals surface area contributed by atoms with Gasteiger partial charge in [-0.15, -0.1) is 0 Å². The molecule has 0 radical (unpaired) electrons. The molecule has 1 saturated heterocycles.